The Morgan fingerprint density at radius 3 is 2.38 bits per heavy atom. The average molecular weight is 311 g/mol. The van der Waals surface area contributed by atoms with Crippen LogP contribution in [0.25, 0.3) is 0 Å². The van der Waals surface area contributed by atoms with Crippen LogP contribution < -0.4 is 0 Å². The lowest BCUT2D eigenvalue weighted by Crippen LogP contribution is -2.39. The molecule has 1 aromatic heterocycles. The molecule has 0 aromatic carbocycles. The number of halogens is 1. The summed E-state index contributed by atoms with van der Waals surface area (Å²) < 4.78 is 6.15. The van der Waals surface area contributed by atoms with E-state index < -0.39 is 0 Å². The maximum atomic E-state index is 6.22. The summed E-state index contributed by atoms with van der Waals surface area (Å²) in [6, 6.07) is 1.88. The standard InChI is InChI=1S/C17H27ClN2O/c1-5-7-13-12-14(18)20-15(19-13)17(21-6-2)10-8-16(3,4)9-11-17/h12H,5-11H2,1-4H3. The molecule has 1 heterocycles. The Hall–Kier alpha value is -0.670. The van der Waals surface area contributed by atoms with Gasteiger partial charge in [-0.05, 0) is 50.5 Å². The normalized spacial score (nSPS) is 20.4. The quantitative estimate of drug-likeness (QED) is 0.724. The monoisotopic (exact) mass is 310 g/mol. The summed E-state index contributed by atoms with van der Waals surface area (Å²) in [5.74, 6) is 0.788. The van der Waals surface area contributed by atoms with Gasteiger partial charge < -0.3 is 4.74 Å². The van der Waals surface area contributed by atoms with Crippen molar-refractivity contribution in [1.29, 1.82) is 0 Å². The van der Waals surface area contributed by atoms with Crippen molar-refractivity contribution in [2.45, 2.75) is 71.8 Å². The maximum Gasteiger partial charge on any atom is 0.162 e. The topological polar surface area (TPSA) is 35.0 Å². The van der Waals surface area contributed by atoms with Crippen LogP contribution in [-0.2, 0) is 16.8 Å². The minimum atomic E-state index is -0.350. The van der Waals surface area contributed by atoms with E-state index in [0.717, 1.165) is 50.0 Å². The zero-order valence-corrected chi connectivity index (χ0v) is 14.5. The van der Waals surface area contributed by atoms with E-state index in [-0.39, 0.29) is 5.60 Å². The molecule has 0 spiro atoms. The summed E-state index contributed by atoms with van der Waals surface area (Å²) in [5.41, 5.74) is 1.06. The Morgan fingerprint density at radius 1 is 1.14 bits per heavy atom. The smallest absolute Gasteiger partial charge is 0.162 e. The van der Waals surface area contributed by atoms with Crippen molar-refractivity contribution in [3.8, 4) is 0 Å². The van der Waals surface area contributed by atoms with Gasteiger partial charge in [0.15, 0.2) is 5.82 Å². The van der Waals surface area contributed by atoms with Gasteiger partial charge in [0.2, 0.25) is 0 Å². The minimum Gasteiger partial charge on any atom is -0.367 e. The number of hydrogen-bond acceptors (Lipinski definition) is 3. The summed E-state index contributed by atoms with van der Waals surface area (Å²) in [7, 11) is 0. The molecule has 118 valence electrons. The van der Waals surface area contributed by atoms with Crippen molar-refractivity contribution in [3.05, 3.63) is 22.7 Å². The second kappa shape index (κ2) is 6.62. The Kier molecular flexibility index (Phi) is 5.26. The predicted octanol–water partition coefficient (Wildman–Crippen LogP) is 4.91. The molecule has 0 unspecified atom stereocenters. The summed E-state index contributed by atoms with van der Waals surface area (Å²) in [4.78, 5) is 9.27. The zero-order valence-electron chi connectivity index (χ0n) is 13.7. The Balaban J connectivity index is 2.34. The Morgan fingerprint density at radius 2 is 1.81 bits per heavy atom. The number of rotatable bonds is 5. The molecule has 0 bridgehead atoms. The van der Waals surface area contributed by atoms with E-state index in [9.17, 15) is 0 Å². The zero-order chi connectivity index (χ0) is 15.5. The molecule has 2 rings (SSSR count). The molecule has 0 aliphatic heterocycles. The van der Waals surface area contributed by atoms with Crippen LogP contribution in [0.3, 0.4) is 0 Å². The molecule has 0 atom stereocenters. The van der Waals surface area contributed by atoms with Gasteiger partial charge in [-0.3, -0.25) is 0 Å². The van der Waals surface area contributed by atoms with Gasteiger partial charge in [-0.25, -0.2) is 9.97 Å². The van der Waals surface area contributed by atoms with Gasteiger partial charge >= 0.3 is 0 Å². The van der Waals surface area contributed by atoms with E-state index in [1.165, 1.54) is 0 Å². The van der Waals surface area contributed by atoms with E-state index in [2.05, 4.69) is 25.8 Å². The fraction of sp³-hybridized carbons (Fsp3) is 0.765. The minimum absolute atomic E-state index is 0.350. The van der Waals surface area contributed by atoms with Gasteiger partial charge in [-0.1, -0.05) is 38.8 Å². The summed E-state index contributed by atoms with van der Waals surface area (Å²) >= 11 is 6.22. The highest BCUT2D eigenvalue weighted by Crippen LogP contribution is 2.46. The van der Waals surface area contributed by atoms with Crippen LogP contribution in [0.4, 0.5) is 0 Å². The van der Waals surface area contributed by atoms with E-state index in [4.69, 9.17) is 21.3 Å². The van der Waals surface area contributed by atoms with Gasteiger partial charge in [-0.15, -0.1) is 0 Å². The molecule has 3 nitrogen and oxygen atoms in total. The van der Waals surface area contributed by atoms with Crippen LogP contribution in [0, 0.1) is 5.41 Å². The lowest BCUT2D eigenvalue weighted by atomic mass is 9.70. The molecule has 4 heteroatoms. The second-order valence-electron chi connectivity index (χ2n) is 6.85. The number of nitrogens with zero attached hydrogens (tertiary/aromatic N) is 2. The Labute approximate surface area is 133 Å². The van der Waals surface area contributed by atoms with Gasteiger partial charge in [0.1, 0.15) is 10.8 Å². The fourth-order valence-electron chi connectivity index (χ4n) is 3.09. The van der Waals surface area contributed by atoms with Crippen LogP contribution in [0.1, 0.15) is 71.3 Å². The lowest BCUT2D eigenvalue weighted by molar-refractivity contribution is -0.0949. The highest BCUT2D eigenvalue weighted by atomic mass is 35.5. The second-order valence-corrected chi connectivity index (χ2v) is 7.23. The van der Waals surface area contributed by atoms with Crippen LogP contribution in [0.2, 0.25) is 5.15 Å². The summed E-state index contributed by atoms with van der Waals surface area (Å²) in [6.45, 7) is 9.52. The molecule has 1 aliphatic carbocycles. The van der Waals surface area contributed by atoms with E-state index in [1.54, 1.807) is 0 Å². The molecule has 0 N–H and O–H groups in total. The molecule has 0 radical (unpaired) electrons. The number of aromatic nitrogens is 2. The van der Waals surface area contributed by atoms with Gasteiger partial charge in [0, 0.05) is 12.3 Å². The van der Waals surface area contributed by atoms with Crippen molar-refractivity contribution in [3.63, 3.8) is 0 Å². The molecule has 1 aliphatic rings. The third-order valence-electron chi connectivity index (χ3n) is 4.49. The summed E-state index contributed by atoms with van der Waals surface area (Å²) in [5, 5.41) is 0.535. The predicted molar refractivity (Wildman–Crippen MR) is 86.6 cm³/mol. The first-order valence-corrected chi connectivity index (χ1v) is 8.46. The molecule has 1 aromatic rings. The van der Waals surface area contributed by atoms with Crippen molar-refractivity contribution >= 4 is 11.6 Å². The lowest BCUT2D eigenvalue weighted by Gasteiger charge is -2.42. The van der Waals surface area contributed by atoms with Crippen molar-refractivity contribution in [2.75, 3.05) is 6.61 Å². The Bertz CT molecular complexity index is 478. The van der Waals surface area contributed by atoms with Gasteiger partial charge in [0.25, 0.3) is 0 Å². The van der Waals surface area contributed by atoms with Crippen molar-refractivity contribution in [1.82, 2.24) is 9.97 Å². The summed E-state index contributed by atoms with van der Waals surface area (Å²) in [6.07, 6.45) is 6.20. The molecule has 0 saturated heterocycles. The average Bonchev–Trinajstić information content (AvgIpc) is 2.41. The highest BCUT2D eigenvalue weighted by Gasteiger charge is 2.42. The molecule has 0 amide bonds. The molecule has 1 saturated carbocycles. The number of aryl methyl sites for hydroxylation is 1. The van der Waals surface area contributed by atoms with Crippen molar-refractivity contribution in [2.24, 2.45) is 5.41 Å². The first-order chi connectivity index (χ1) is 9.91. The van der Waals surface area contributed by atoms with Crippen LogP contribution >= 0.6 is 11.6 Å². The first kappa shape index (κ1) is 16.7. The molecular formula is C17H27ClN2O. The van der Waals surface area contributed by atoms with Gasteiger partial charge in [-0.2, -0.15) is 0 Å². The van der Waals surface area contributed by atoms with E-state index >= 15 is 0 Å². The van der Waals surface area contributed by atoms with Crippen LogP contribution in [-0.4, -0.2) is 16.6 Å². The fourth-order valence-corrected chi connectivity index (χ4v) is 3.30. The van der Waals surface area contributed by atoms with Crippen LogP contribution in [0.15, 0.2) is 6.07 Å². The SMILES string of the molecule is CCCc1cc(Cl)nc(C2(OCC)CCC(C)(C)CC2)n1. The van der Waals surface area contributed by atoms with Gasteiger partial charge in [0.05, 0.1) is 0 Å². The first-order valence-electron chi connectivity index (χ1n) is 8.09. The number of hydrogen-bond donors (Lipinski definition) is 0. The largest absolute Gasteiger partial charge is 0.367 e. The molecule has 21 heavy (non-hydrogen) atoms. The maximum absolute atomic E-state index is 6.22. The van der Waals surface area contributed by atoms with E-state index in [0.29, 0.717) is 17.2 Å². The molecular weight excluding hydrogens is 284 g/mol. The van der Waals surface area contributed by atoms with Crippen LogP contribution in [0.5, 0.6) is 0 Å². The van der Waals surface area contributed by atoms with E-state index in [1.807, 2.05) is 13.0 Å². The number of ether oxygens (including phenoxy) is 1. The van der Waals surface area contributed by atoms with Crippen molar-refractivity contribution < 1.29 is 4.74 Å². The molecule has 1 fully saturated rings. The third-order valence-corrected chi connectivity index (χ3v) is 4.69. The third kappa shape index (κ3) is 3.95. The highest BCUT2D eigenvalue weighted by molar-refractivity contribution is 6.29.